The second kappa shape index (κ2) is 5.95. The summed E-state index contributed by atoms with van der Waals surface area (Å²) in [5.74, 6) is -0.0672. The number of ketones is 1. The van der Waals surface area contributed by atoms with Gasteiger partial charge in [-0.25, -0.2) is 0 Å². The number of hydrogen-bond acceptors (Lipinski definition) is 2. The lowest BCUT2D eigenvalue weighted by Crippen LogP contribution is -2.07. The van der Waals surface area contributed by atoms with Crippen molar-refractivity contribution in [2.24, 2.45) is 0 Å². The molecule has 1 heterocycles. The van der Waals surface area contributed by atoms with Gasteiger partial charge in [0.2, 0.25) is 0 Å². The van der Waals surface area contributed by atoms with Crippen LogP contribution in [0.1, 0.15) is 16.1 Å². The zero-order valence-corrected chi connectivity index (χ0v) is 13.1. The maximum Gasteiger partial charge on any atom is 0.186 e. The third-order valence-corrected chi connectivity index (χ3v) is 3.79. The minimum absolute atomic E-state index is 0.0672. The zero-order chi connectivity index (χ0) is 13.1. The predicted octanol–water partition coefficient (Wildman–Crippen LogP) is 4.69. The van der Waals surface area contributed by atoms with Crippen LogP contribution < -0.4 is 0 Å². The lowest BCUT2D eigenvalue weighted by molar-refractivity contribution is 0.0987. The summed E-state index contributed by atoms with van der Waals surface area (Å²) in [6.07, 6.45) is 1.84. The smallest absolute Gasteiger partial charge is 0.186 e. The topological polar surface area (TPSA) is 30.0 Å². The van der Waals surface area contributed by atoms with Gasteiger partial charge < -0.3 is 0 Å². The van der Waals surface area contributed by atoms with E-state index in [-0.39, 0.29) is 12.2 Å². The lowest BCUT2D eigenvalue weighted by atomic mass is 10.1. The molecule has 0 amide bonds. The Hall–Kier alpha value is -0.710. The highest BCUT2D eigenvalue weighted by Gasteiger charge is 2.14. The van der Waals surface area contributed by atoms with Gasteiger partial charge in [0.15, 0.2) is 5.78 Å². The van der Waals surface area contributed by atoms with Crippen LogP contribution in [0.3, 0.4) is 0 Å². The normalized spacial score (nSPS) is 10.4. The fourth-order valence-corrected chi connectivity index (χ4v) is 2.93. The molecule has 18 heavy (non-hydrogen) atoms. The summed E-state index contributed by atoms with van der Waals surface area (Å²) in [4.78, 5) is 16.2. The van der Waals surface area contributed by atoms with Gasteiger partial charge in [0.1, 0.15) is 5.69 Å². The molecule has 0 aliphatic heterocycles. The molecule has 0 fully saturated rings. The maximum absolute atomic E-state index is 12.1. The molecule has 0 bridgehead atoms. The van der Waals surface area contributed by atoms with E-state index < -0.39 is 0 Å². The van der Waals surface area contributed by atoms with Gasteiger partial charge in [-0.3, -0.25) is 9.78 Å². The molecule has 2 nitrogen and oxygen atoms in total. The molecule has 2 rings (SSSR count). The molecule has 2 aromatic rings. The third kappa shape index (κ3) is 3.19. The molecule has 0 saturated carbocycles. The molecule has 1 aromatic carbocycles. The average molecular weight is 389 g/mol. The van der Waals surface area contributed by atoms with E-state index in [1.54, 1.807) is 18.3 Å². The van der Waals surface area contributed by atoms with E-state index in [4.69, 9.17) is 11.6 Å². The van der Waals surface area contributed by atoms with E-state index in [1.807, 2.05) is 18.2 Å². The van der Waals surface area contributed by atoms with Crippen molar-refractivity contribution in [2.75, 3.05) is 0 Å². The van der Waals surface area contributed by atoms with Crippen molar-refractivity contribution in [3.63, 3.8) is 0 Å². The largest absolute Gasteiger partial charge is 0.292 e. The summed E-state index contributed by atoms with van der Waals surface area (Å²) in [5, 5.41) is 0.596. The first kappa shape index (κ1) is 13.7. The summed E-state index contributed by atoms with van der Waals surface area (Å²) in [6.45, 7) is 0. The molecule has 0 unspecified atom stereocenters. The number of pyridine rings is 1. The molecule has 1 aromatic heterocycles. The second-order valence-electron chi connectivity index (χ2n) is 3.68. The predicted molar refractivity (Wildman–Crippen MR) is 79.1 cm³/mol. The Kier molecular flexibility index (Phi) is 4.54. The Balaban J connectivity index is 2.25. The van der Waals surface area contributed by atoms with Crippen molar-refractivity contribution in [2.45, 2.75) is 6.42 Å². The number of rotatable bonds is 3. The number of hydrogen-bond donors (Lipinski definition) is 0. The van der Waals surface area contributed by atoms with Crippen molar-refractivity contribution in [1.82, 2.24) is 4.98 Å². The Morgan fingerprint density at radius 1 is 1.28 bits per heavy atom. The van der Waals surface area contributed by atoms with Gasteiger partial charge in [0, 0.05) is 26.6 Å². The van der Waals surface area contributed by atoms with Crippen molar-refractivity contribution in [3.05, 3.63) is 61.8 Å². The number of nitrogens with zero attached hydrogens (tertiary/aromatic N) is 1. The van der Waals surface area contributed by atoms with Gasteiger partial charge in [-0.05, 0) is 49.6 Å². The van der Waals surface area contributed by atoms with Crippen LogP contribution in [0.2, 0.25) is 5.02 Å². The van der Waals surface area contributed by atoms with Gasteiger partial charge in [-0.1, -0.05) is 29.8 Å². The van der Waals surface area contributed by atoms with Gasteiger partial charge in [-0.15, -0.1) is 0 Å². The van der Waals surface area contributed by atoms with Crippen LogP contribution in [0, 0.1) is 0 Å². The van der Waals surface area contributed by atoms with Crippen LogP contribution in [0.15, 0.2) is 45.5 Å². The van der Waals surface area contributed by atoms with E-state index in [1.165, 1.54) is 0 Å². The maximum atomic E-state index is 12.1. The minimum Gasteiger partial charge on any atom is -0.292 e. The van der Waals surface area contributed by atoms with Crippen LogP contribution >= 0.6 is 43.5 Å². The molecule has 0 radical (unpaired) electrons. The highest BCUT2D eigenvalue weighted by Crippen LogP contribution is 2.22. The van der Waals surface area contributed by atoms with Crippen LogP contribution in [-0.2, 0) is 6.42 Å². The Morgan fingerprint density at radius 3 is 2.67 bits per heavy atom. The first-order chi connectivity index (χ1) is 8.58. The van der Waals surface area contributed by atoms with Gasteiger partial charge in [-0.2, -0.15) is 0 Å². The van der Waals surface area contributed by atoms with E-state index in [9.17, 15) is 4.79 Å². The fraction of sp³-hybridized carbons (Fsp3) is 0.0769. The van der Waals surface area contributed by atoms with Gasteiger partial charge >= 0.3 is 0 Å². The molecule has 0 atom stereocenters. The van der Waals surface area contributed by atoms with E-state index in [0.717, 1.165) is 10.0 Å². The summed E-state index contributed by atoms with van der Waals surface area (Å²) in [5.41, 5.74) is 1.22. The Bertz CT molecular complexity index is 601. The van der Waals surface area contributed by atoms with E-state index in [0.29, 0.717) is 15.2 Å². The van der Waals surface area contributed by atoms with Crippen molar-refractivity contribution in [3.8, 4) is 0 Å². The SMILES string of the molecule is O=C(Cc1ccccc1Cl)c1ncc(Br)cc1Br. The number of aromatic nitrogens is 1. The number of carbonyl (C=O) groups is 1. The number of Topliss-reactive ketones (excluding diaryl/α,β-unsaturated/α-hetero) is 1. The Labute approximate surface area is 127 Å². The van der Waals surface area contributed by atoms with Crippen LogP contribution in [-0.4, -0.2) is 10.8 Å². The standard InChI is InChI=1S/C13H8Br2ClNO/c14-9-6-10(15)13(17-7-9)12(18)5-8-3-1-2-4-11(8)16/h1-4,6-7H,5H2. The molecule has 0 N–H and O–H groups in total. The molecule has 0 saturated heterocycles. The first-order valence-electron chi connectivity index (χ1n) is 5.15. The number of carbonyl (C=O) groups excluding carboxylic acids is 1. The monoisotopic (exact) mass is 387 g/mol. The zero-order valence-electron chi connectivity index (χ0n) is 9.16. The van der Waals surface area contributed by atoms with E-state index >= 15 is 0 Å². The van der Waals surface area contributed by atoms with Crippen LogP contribution in [0.5, 0.6) is 0 Å². The van der Waals surface area contributed by atoms with E-state index in [2.05, 4.69) is 36.8 Å². The highest BCUT2D eigenvalue weighted by atomic mass is 79.9. The fourth-order valence-electron chi connectivity index (χ4n) is 1.52. The molecule has 0 aliphatic carbocycles. The summed E-state index contributed by atoms with van der Waals surface area (Å²) >= 11 is 12.7. The first-order valence-corrected chi connectivity index (χ1v) is 7.12. The second-order valence-corrected chi connectivity index (χ2v) is 5.85. The van der Waals surface area contributed by atoms with Gasteiger partial charge in [0.05, 0.1) is 0 Å². The average Bonchev–Trinajstić information content (AvgIpc) is 2.32. The number of halogens is 3. The molecular weight excluding hydrogens is 381 g/mol. The van der Waals surface area contributed by atoms with Crippen LogP contribution in [0.4, 0.5) is 0 Å². The molecule has 5 heteroatoms. The molecule has 92 valence electrons. The molecular formula is C13H8Br2ClNO. The minimum atomic E-state index is -0.0672. The molecule has 0 aliphatic rings. The van der Waals surface area contributed by atoms with Crippen molar-refractivity contribution >= 4 is 49.2 Å². The van der Waals surface area contributed by atoms with Gasteiger partial charge in [0.25, 0.3) is 0 Å². The summed E-state index contributed by atoms with van der Waals surface area (Å²) < 4.78 is 1.50. The summed E-state index contributed by atoms with van der Waals surface area (Å²) in [7, 11) is 0. The third-order valence-electron chi connectivity index (χ3n) is 2.38. The lowest BCUT2D eigenvalue weighted by Gasteiger charge is -2.05. The van der Waals surface area contributed by atoms with Crippen LogP contribution in [0.25, 0.3) is 0 Å². The van der Waals surface area contributed by atoms with Crippen molar-refractivity contribution in [1.29, 1.82) is 0 Å². The van der Waals surface area contributed by atoms with Crippen molar-refractivity contribution < 1.29 is 4.79 Å². The quantitative estimate of drug-likeness (QED) is 0.713. The summed E-state index contributed by atoms with van der Waals surface area (Å²) in [6, 6.07) is 9.11. The Morgan fingerprint density at radius 2 is 2.00 bits per heavy atom. The number of benzene rings is 1. The highest BCUT2D eigenvalue weighted by molar-refractivity contribution is 9.11. The molecule has 0 spiro atoms.